The summed E-state index contributed by atoms with van der Waals surface area (Å²) in [5.41, 5.74) is 0.217. The zero-order valence-corrected chi connectivity index (χ0v) is 15.6. The maximum atomic E-state index is 13.7. The summed E-state index contributed by atoms with van der Waals surface area (Å²) in [7, 11) is 0. The zero-order chi connectivity index (χ0) is 21.8. The van der Waals surface area contributed by atoms with Crippen molar-refractivity contribution in [1.82, 2.24) is 9.80 Å². The molecule has 0 aliphatic carbocycles. The van der Waals surface area contributed by atoms with Gasteiger partial charge in [-0.05, 0) is 18.6 Å². The Kier molecular flexibility index (Phi) is 7.15. The predicted molar refractivity (Wildman–Crippen MR) is 94.2 cm³/mol. The minimum atomic E-state index is -4.41. The number of allylic oxidation sites excluding steroid dienone is 2. The van der Waals surface area contributed by atoms with Crippen LogP contribution in [0.2, 0.25) is 0 Å². The van der Waals surface area contributed by atoms with Gasteiger partial charge in [0.1, 0.15) is 24.0 Å². The number of nitrogens with zero attached hydrogens (tertiary/aromatic N) is 3. The van der Waals surface area contributed by atoms with Gasteiger partial charge in [-0.25, -0.2) is 13.2 Å². The number of halogens is 6. The molecule has 0 amide bonds. The first-order valence-corrected chi connectivity index (χ1v) is 8.67. The quantitative estimate of drug-likeness (QED) is 0.332. The number of alkyl halides is 3. The predicted octanol–water partition coefficient (Wildman–Crippen LogP) is 2.96. The monoisotopic (exact) mass is 422 g/mol. The summed E-state index contributed by atoms with van der Waals surface area (Å²) >= 11 is 0. The van der Waals surface area contributed by atoms with E-state index in [2.05, 4.69) is 5.10 Å². The van der Waals surface area contributed by atoms with Crippen LogP contribution in [0.25, 0.3) is 0 Å². The molecule has 1 aromatic carbocycles. The molecule has 0 aromatic heterocycles. The molecule has 0 unspecified atom stereocenters. The summed E-state index contributed by atoms with van der Waals surface area (Å²) in [6.07, 6.45) is -3.42. The number of rotatable bonds is 6. The molecule has 1 saturated heterocycles. The van der Waals surface area contributed by atoms with Gasteiger partial charge in [-0.1, -0.05) is 6.08 Å². The smallest absolute Gasteiger partial charge is 0.365 e. The van der Waals surface area contributed by atoms with Crippen molar-refractivity contribution in [3.63, 3.8) is 0 Å². The molecule has 0 atom stereocenters. The van der Waals surface area contributed by atoms with Crippen molar-refractivity contribution in [3.05, 3.63) is 46.9 Å². The highest BCUT2D eigenvalue weighted by Gasteiger charge is 2.35. The van der Waals surface area contributed by atoms with E-state index in [9.17, 15) is 31.1 Å². The van der Waals surface area contributed by atoms with Gasteiger partial charge in [-0.3, -0.25) is 4.79 Å². The second-order valence-electron chi connectivity index (χ2n) is 6.53. The largest absolute Gasteiger partial charge is 0.405 e. The fraction of sp³-hybridized carbons (Fsp3) is 0.444. The van der Waals surface area contributed by atoms with Crippen LogP contribution < -0.4 is 5.84 Å². The van der Waals surface area contributed by atoms with E-state index in [-0.39, 0.29) is 37.5 Å². The van der Waals surface area contributed by atoms with E-state index >= 15 is 0 Å². The van der Waals surface area contributed by atoms with Crippen LogP contribution in [-0.2, 0) is 11.2 Å². The summed E-state index contributed by atoms with van der Waals surface area (Å²) in [6, 6.07) is 1.01. The molecule has 2 N–H and O–H groups in total. The van der Waals surface area contributed by atoms with Gasteiger partial charge in [-0.15, -0.1) is 0 Å². The van der Waals surface area contributed by atoms with Crippen molar-refractivity contribution in [2.75, 3.05) is 26.2 Å². The van der Waals surface area contributed by atoms with Gasteiger partial charge in [-0.2, -0.15) is 18.3 Å². The van der Waals surface area contributed by atoms with Crippen molar-refractivity contribution in [1.29, 1.82) is 0 Å². The fourth-order valence-corrected chi connectivity index (χ4v) is 3.05. The number of ketones is 1. The molecule has 2 rings (SSSR count). The molecule has 0 spiro atoms. The number of amidine groups is 1. The van der Waals surface area contributed by atoms with Crippen LogP contribution in [0.1, 0.15) is 18.9 Å². The highest BCUT2D eigenvalue weighted by molar-refractivity contribution is 5.86. The van der Waals surface area contributed by atoms with Crippen molar-refractivity contribution in [3.8, 4) is 0 Å². The number of hydrogen-bond acceptors (Lipinski definition) is 4. The highest BCUT2D eigenvalue weighted by atomic mass is 19.4. The highest BCUT2D eigenvalue weighted by Crippen LogP contribution is 2.22. The van der Waals surface area contributed by atoms with Gasteiger partial charge in [0.25, 0.3) is 0 Å². The van der Waals surface area contributed by atoms with Crippen molar-refractivity contribution in [2.24, 2.45) is 10.9 Å². The Bertz CT molecular complexity index is 821. The lowest BCUT2D eigenvalue weighted by Gasteiger charge is -2.39. The molecule has 1 aromatic rings. The Hall–Kier alpha value is -2.72. The minimum Gasteiger partial charge on any atom is -0.365 e. The number of carbonyl (C=O) groups is 1. The number of hydrazone groups is 1. The van der Waals surface area contributed by atoms with Crippen LogP contribution in [0.5, 0.6) is 0 Å². The van der Waals surface area contributed by atoms with Crippen molar-refractivity contribution in [2.45, 2.75) is 25.9 Å². The lowest BCUT2D eigenvalue weighted by molar-refractivity contribution is -0.139. The van der Waals surface area contributed by atoms with Gasteiger partial charge in [0.2, 0.25) is 0 Å². The first kappa shape index (κ1) is 22.6. The molecule has 11 heteroatoms. The van der Waals surface area contributed by atoms with Crippen molar-refractivity contribution < 1.29 is 31.1 Å². The third-order valence-electron chi connectivity index (χ3n) is 4.45. The van der Waals surface area contributed by atoms with E-state index in [1.54, 1.807) is 17.9 Å². The Morgan fingerprint density at radius 3 is 2.41 bits per heavy atom. The summed E-state index contributed by atoms with van der Waals surface area (Å²) in [5.74, 6) is 1.14. The van der Waals surface area contributed by atoms with Gasteiger partial charge < -0.3 is 15.6 Å². The van der Waals surface area contributed by atoms with Gasteiger partial charge in [0, 0.05) is 37.7 Å². The molecule has 29 heavy (non-hydrogen) atoms. The number of hydrogen-bond donors (Lipinski definition) is 1. The molecule has 0 bridgehead atoms. The molecular formula is C18H20F6N4O. The molecule has 1 heterocycles. The SMILES string of the molecule is CC=C(CC(=O)Cc1cc(F)c(F)cc1F)N1CCN(CC(F)(F)F)/C(=N\N)C1. The van der Waals surface area contributed by atoms with Crippen LogP contribution in [0, 0.1) is 17.5 Å². The standard InChI is InChI=1S/C18H20F6N4O/c1-2-12(7-13(29)5-11-6-15(20)16(21)8-14(11)19)27-3-4-28(10-18(22,23)24)17(9-27)26-25/h2,6,8H,3-5,7,9-10,25H2,1H3/b12-2?,26-17-. The Balaban J connectivity index is 2.03. The second-order valence-corrected chi connectivity index (χ2v) is 6.53. The Morgan fingerprint density at radius 1 is 1.17 bits per heavy atom. The maximum absolute atomic E-state index is 13.7. The van der Waals surface area contributed by atoms with Gasteiger partial charge >= 0.3 is 6.18 Å². The third kappa shape index (κ3) is 6.13. The van der Waals surface area contributed by atoms with Crippen LogP contribution in [0.4, 0.5) is 26.3 Å². The van der Waals surface area contributed by atoms with Gasteiger partial charge in [0.15, 0.2) is 11.6 Å². The second kappa shape index (κ2) is 9.19. The topological polar surface area (TPSA) is 61.9 Å². The van der Waals surface area contributed by atoms with E-state index < -0.39 is 42.4 Å². The molecule has 1 aliphatic heterocycles. The molecule has 5 nitrogen and oxygen atoms in total. The fourth-order valence-electron chi connectivity index (χ4n) is 3.05. The molecule has 0 saturated carbocycles. The van der Waals surface area contributed by atoms with Crippen LogP contribution in [0.15, 0.2) is 29.0 Å². The summed E-state index contributed by atoms with van der Waals surface area (Å²) in [6.45, 7) is 0.623. The molecule has 1 fully saturated rings. The summed E-state index contributed by atoms with van der Waals surface area (Å²) in [5, 5.41) is 3.42. The van der Waals surface area contributed by atoms with Gasteiger partial charge in [0.05, 0.1) is 6.54 Å². The molecular weight excluding hydrogens is 402 g/mol. The Morgan fingerprint density at radius 2 is 1.83 bits per heavy atom. The molecule has 0 radical (unpaired) electrons. The number of piperazine rings is 1. The lowest BCUT2D eigenvalue weighted by Crippen LogP contribution is -2.53. The van der Waals surface area contributed by atoms with Crippen molar-refractivity contribution >= 4 is 11.6 Å². The normalized spacial score (nSPS) is 17.2. The summed E-state index contributed by atoms with van der Waals surface area (Å²) < 4.78 is 78.0. The van der Waals surface area contributed by atoms with E-state index in [1.807, 2.05) is 0 Å². The van der Waals surface area contributed by atoms with Crippen LogP contribution in [0.3, 0.4) is 0 Å². The van der Waals surface area contributed by atoms with Crippen LogP contribution in [-0.4, -0.2) is 53.8 Å². The van der Waals surface area contributed by atoms with Crippen LogP contribution >= 0.6 is 0 Å². The first-order chi connectivity index (χ1) is 13.5. The number of carbonyl (C=O) groups excluding carboxylic acids is 1. The van der Waals surface area contributed by atoms with E-state index in [0.717, 1.165) is 4.90 Å². The third-order valence-corrected chi connectivity index (χ3v) is 4.45. The average Bonchev–Trinajstić information content (AvgIpc) is 2.63. The number of benzene rings is 1. The summed E-state index contributed by atoms with van der Waals surface area (Å²) in [4.78, 5) is 15.0. The average molecular weight is 422 g/mol. The minimum absolute atomic E-state index is 0.00112. The first-order valence-electron chi connectivity index (χ1n) is 8.67. The van der Waals surface area contributed by atoms with E-state index in [1.165, 1.54) is 0 Å². The van der Waals surface area contributed by atoms with E-state index in [4.69, 9.17) is 5.84 Å². The lowest BCUT2D eigenvalue weighted by atomic mass is 10.0. The maximum Gasteiger partial charge on any atom is 0.405 e. The zero-order valence-electron chi connectivity index (χ0n) is 15.6. The molecule has 160 valence electrons. The Labute approximate surface area is 163 Å². The van der Waals surface area contributed by atoms with E-state index in [0.29, 0.717) is 17.8 Å². The number of nitrogens with two attached hydrogens (primary N) is 1. The molecule has 1 aliphatic rings. The number of Topliss-reactive ketones (excluding diaryl/α,β-unsaturated/α-hetero) is 1.